The van der Waals surface area contributed by atoms with E-state index in [9.17, 15) is 0 Å². The first-order valence-electron chi connectivity index (χ1n) is 5.02. The van der Waals surface area contributed by atoms with Crippen LogP contribution in [0, 0.1) is 13.8 Å². The molecule has 2 heterocycles. The molecule has 0 unspecified atom stereocenters. The third-order valence-electron chi connectivity index (χ3n) is 2.24. The van der Waals surface area contributed by atoms with Crippen LogP contribution in [0.1, 0.15) is 16.3 Å². The zero-order chi connectivity index (χ0) is 11.5. The Morgan fingerprint density at radius 2 is 2.25 bits per heavy atom. The van der Waals surface area contributed by atoms with Crippen molar-refractivity contribution in [1.29, 1.82) is 0 Å². The van der Waals surface area contributed by atoms with Gasteiger partial charge in [0.25, 0.3) is 0 Å². The fourth-order valence-electron chi connectivity index (χ4n) is 1.31. The highest BCUT2D eigenvalue weighted by Crippen LogP contribution is 2.15. The molecule has 0 spiro atoms. The van der Waals surface area contributed by atoms with Crippen LogP contribution in [0.3, 0.4) is 0 Å². The summed E-state index contributed by atoms with van der Waals surface area (Å²) in [5, 5.41) is 6.33. The van der Waals surface area contributed by atoms with Crippen molar-refractivity contribution in [1.82, 2.24) is 9.97 Å². The predicted molar refractivity (Wildman–Crippen MR) is 67.6 cm³/mol. The monoisotopic (exact) mass is 234 g/mol. The lowest BCUT2D eigenvalue weighted by Crippen LogP contribution is -2.02. The molecule has 0 atom stereocenters. The normalized spacial score (nSPS) is 10.4. The first-order chi connectivity index (χ1) is 7.65. The van der Waals surface area contributed by atoms with Crippen molar-refractivity contribution in [2.75, 3.05) is 11.1 Å². The Hall–Kier alpha value is -1.62. The first kappa shape index (κ1) is 10.9. The second kappa shape index (κ2) is 4.49. The highest BCUT2D eigenvalue weighted by molar-refractivity contribution is 7.09. The number of nitrogens with zero attached hydrogens (tertiary/aromatic N) is 2. The Balaban J connectivity index is 2.02. The molecule has 84 valence electrons. The number of hydrogen-bond acceptors (Lipinski definition) is 5. The number of nitrogens with two attached hydrogens (primary N) is 1. The number of pyridine rings is 1. The average molecular weight is 234 g/mol. The number of aryl methyl sites for hydroxylation is 2. The van der Waals surface area contributed by atoms with Crippen LogP contribution in [0.2, 0.25) is 0 Å². The molecule has 2 aromatic heterocycles. The van der Waals surface area contributed by atoms with E-state index in [-0.39, 0.29) is 0 Å². The van der Waals surface area contributed by atoms with Gasteiger partial charge in [-0.05, 0) is 25.5 Å². The molecule has 0 aliphatic heterocycles. The Kier molecular flexibility index (Phi) is 3.05. The van der Waals surface area contributed by atoms with Gasteiger partial charge in [0.15, 0.2) is 0 Å². The Labute approximate surface area is 98.6 Å². The van der Waals surface area contributed by atoms with Crippen molar-refractivity contribution in [2.24, 2.45) is 0 Å². The van der Waals surface area contributed by atoms with E-state index in [4.69, 9.17) is 5.73 Å². The molecule has 0 saturated heterocycles. The van der Waals surface area contributed by atoms with Crippen molar-refractivity contribution in [2.45, 2.75) is 20.4 Å². The van der Waals surface area contributed by atoms with Gasteiger partial charge in [0.05, 0.1) is 18.4 Å². The average Bonchev–Trinajstić information content (AvgIpc) is 2.66. The third kappa shape index (κ3) is 2.49. The van der Waals surface area contributed by atoms with E-state index < -0.39 is 0 Å². The Morgan fingerprint density at radius 3 is 2.88 bits per heavy atom. The van der Waals surface area contributed by atoms with Crippen molar-refractivity contribution in [3.63, 3.8) is 0 Å². The van der Waals surface area contributed by atoms with Crippen LogP contribution < -0.4 is 11.1 Å². The summed E-state index contributed by atoms with van der Waals surface area (Å²) in [6.07, 6.45) is 1.67. The Bertz CT molecular complexity index is 492. The van der Waals surface area contributed by atoms with E-state index in [2.05, 4.69) is 15.3 Å². The topological polar surface area (TPSA) is 63.8 Å². The number of aromatic nitrogens is 2. The fourth-order valence-corrected chi connectivity index (χ4v) is 2.02. The predicted octanol–water partition coefficient (Wildman–Crippen LogP) is 2.35. The summed E-state index contributed by atoms with van der Waals surface area (Å²) < 4.78 is 0. The van der Waals surface area contributed by atoms with Gasteiger partial charge in [-0.2, -0.15) is 0 Å². The summed E-state index contributed by atoms with van der Waals surface area (Å²) in [5.74, 6) is 0.833. The zero-order valence-corrected chi connectivity index (χ0v) is 10.1. The molecule has 0 amide bonds. The quantitative estimate of drug-likeness (QED) is 0.855. The van der Waals surface area contributed by atoms with E-state index >= 15 is 0 Å². The zero-order valence-electron chi connectivity index (χ0n) is 9.32. The van der Waals surface area contributed by atoms with Crippen LogP contribution >= 0.6 is 11.3 Å². The van der Waals surface area contributed by atoms with Gasteiger partial charge in [-0.1, -0.05) is 0 Å². The smallest absolute Gasteiger partial charge is 0.126 e. The summed E-state index contributed by atoms with van der Waals surface area (Å²) in [4.78, 5) is 8.57. The van der Waals surface area contributed by atoms with E-state index in [1.54, 1.807) is 17.5 Å². The maximum absolute atomic E-state index is 5.70. The highest BCUT2D eigenvalue weighted by Gasteiger charge is 2.00. The molecule has 2 aromatic rings. The lowest BCUT2D eigenvalue weighted by molar-refractivity contribution is 1.06. The second-order valence-electron chi connectivity index (χ2n) is 3.66. The summed E-state index contributed by atoms with van der Waals surface area (Å²) in [6, 6.07) is 1.94. The van der Waals surface area contributed by atoms with Crippen LogP contribution in [-0.2, 0) is 6.54 Å². The second-order valence-corrected chi connectivity index (χ2v) is 4.60. The number of nitrogen functional groups attached to an aromatic ring is 1. The van der Waals surface area contributed by atoms with E-state index in [0.717, 1.165) is 27.8 Å². The minimum atomic E-state index is 0.703. The summed E-state index contributed by atoms with van der Waals surface area (Å²) >= 11 is 1.65. The van der Waals surface area contributed by atoms with Crippen molar-refractivity contribution in [3.8, 4) is 0 Å². The molecule has 0 aliphatic rings. The minimum Gasteiger partial charge on any atom is -0.397 e. The van der Waals surface area contributed by atoms with Gasteiger partial charge < -0.3 is 11.1 Å². The molecule has 0 bridgehead atoms. The molecule has 0 aliphatic carbocycles. The van der Waals surface area contributed by atoms with Crippen LogP contribution in [0.15, 0.2) is 17.6 Å². The van der Waals surface area contributed by atoms with Gasteiger partial charge in [0, 0.05) is 11.1 Å². The van der Waals surface area contributed by atoms with Gasteiger partial charge in [-0.25, -0.2) is 9.97 Å². The molecule has 16 heavy (non-hydrogen) atoms. The minimum absolute atomic E-state index is 0.703. The number of rotatable bonds is 3. The van der Waals surface area contributed by atoms with E-state index in [0.29, 0.717) is 6.54 Å². The molecular formula is C11H14N4S. The SMILES string of the molecule is Cc1csc(CNc2cc(C)c(N)cn2)n1. The van der Waals surface area contributed by atoms with Gasteiger partial charge in [-0.15, -0.1) is 11.3 Å². The third-order valence-corrected chi connectivity index (χ3v) is 3.21. The standard InChI is InChI=1S/C11H14N4S/c1-7-3-10(13-4-9(7)12)14-5-11-15-8(2)6-16-11/h3-4,6H,5,12H2,1-2H3,(H,13,14). The molecule has 5 heteroatoms. The number of thiazole rings is 1. The van der Waals surface area contributed by atoms with E-state index in [1.165, 1.54) is 0 Å². The molecule has 4 nitrogen and oxygen atoms in total. The molecule has 3 N–H and O–H groups in total. The first-order valence-corrected chi connectivity index (χ1v) is 5.90. The summed E-state index contributed by atoms with van der Waals surface area (Å²) in [6.45, 7) is 4.66. The van der Waals surface area contributed by atoms with Gasteiger partial charge in [-0.3, -0.25) is 0 Å². The van der Waals surface area contributed by atoms with Crippen LogP contribution in [0.25, 0.3) is 0 Å². The molecule has 0 fully saturated rings. The van der Waals surface area contributed by atoms with E-state index in [1.807, 2.05) is 25.3 Å². The van der Waals surface area contributed by atoms with Crippen LogP contribution in [0.4, 0.5) is 11.5 Å². The molecule has 0 aromatic carbocycles. The largest absolute Gasteiger partial charge is 0.397 e. The van der Waals surface area contributed by atoms with Crippen molar-refractivity contribution >= 4 is 22.8 Å². The fraction of sp³-hybridized carbons (Fsp3) is 0.273. The maximum Gasteiger partial charge on any atom is 0.126 e. The maximum atomic E-state index is 5.70. The highest BCUT2D eigenvalue weighted by atomic mass is 32.1. The van der Waals surface area contributed by atoms with Crippen LogP contribution in [-0.4, -0.2) is 9.97 Å². The Morgan fingerprint density at radius 1 is 1.44 bits per heavy atom. The summed E-state index contributed by atoms with van der Waals surface area (Å²) in [7, 11) is 0. The van der Waals surface area contributed by atoms with Gasteiger partial charge >= 0.3 is 0 Å². The number of hydrogen-bond donors (Lipinski definition) is 2. The molecular weight excluding hydrogens is 220 g/mol. The molecule has 0 saturated carbocycles. The molecule has 2 rings (SSSR count). The van der Waals surface area contributed by atoms with Crippen molar-refractivity contribution in [3.05, 3.63) is 33.9 Å². The number of anilines is 2. The lowest BCUT2D eigenvalue weighted by Gasteiger charge is -2.05. The number of nitrogens with one attached hydrogen (secondary N) is 1. The van der Waals surface area contributed by atoms with Gasteiger partial charge in [0.2, 0.25) is 0 Å². The molecule has 0 radical (unpaired) electrons. The van der Waals surface area contributed by atoms with Crippen molar-refractivity contribution < 1.29 is 0 Å². The lowest BCUT2D eigenvalue weighted by atomic mass is 10.2. The van der Waals surface area contributed by atoms with Gasteiger partial charge in [0.1, 0.15) is 10.8 Å². The summed E-state index contributed by atoms with van der Waals surface area (Å²) in [5.41, 5.74) is 8.51. The van der Waals surface area contributed by atoms with Crippen LogP contribution in [0.5, 0.6) is 0 Å².